The molecule has 18 heavy (non-hydrogen) atoms. The summed E-state index contributed by atoms with van der Waals surface area (Å²) in [5.74, 6) is 0. The fourth-order valence-corrected chi connectivity index (χ4v) is 1.90. The highest BCUT2D eigenvalue weighted by Crippen LogP contribution is 2.35. The van der Waals surface area contributed by atoms with Crippen molar-refractivity contribution >= 4 is 7.82 Å². The summed E-state index contributed by atoms with van der Waals surface area (Å²) in [7, 11) is -4.38. The second-order valence-electron chi connectivity index (χ2n) is 4.46. The average molecular weight is 279 g/mol. The first-order chi connectivity index (χ1) is 8.45. The summed E-state index contributed by atoms with van der Waals surface area (Å²) in [6.07, 6.45) is 11.9. The van der Waals surface area contributed by atoms with E-state index in [1.54, 1.807) is 0 Å². The summed E-state index contributed by atoms with van der Waals surface area (Å²) < 4.78 is 14.8. The van der Waals surface area contributed by atoms with Crippen molar-refractivity contribution in [3.63, 3.8) is 0 Å². The minimum absolute atomic E-state index is 0.120. The van der Waals surface area contributed by atoms with Crippen molar-refractivity contribution < 1.29 is 18.9 Å². The number of allylic oxidation sites excluding steroid dienone is 1. The second-order valence-corrected chi connectivity index (χ2v) is 5.70. The second kappa shape index (κ2) is 10.7. The third-order valence-electron chi connectivity index (χ3n) is 2.54. The smallest absolute Gasteiger partial charge is 0.325 e. The van der Waals surface area contributed by atoms with Gasteiger partial charge in [-0.2, -0.15) is 0 Å². The van der Waals surface area contributed by atoms with E-state index in [1.807, 2.05) is 6.08 Å². The van der Waals surface area contributed by atoms with Gasteiger partial charge in [0.15, 0.2) is 0 Å². The predicted molar refractivity (Wildman–Crippen MR) is 73.1 cm³/mol. The van der Waals surface area contributed by atoms with Crippen LogP contribution in [0.2, 0.25) is 0 Å². The standard InChI is InChI=1S/C12H26NO4P/c1-2-3-4-5-6-7-8-9-10-12(13)11-17-18(14,15)16/h8-9,12H,2-7,10-11,13H2,1H3,(H2,14,15,16)/b9-8+/t12-/m1/s1. The van der Waals surface area contributed by atoms with Crippen LogP contribution in [0.5, 0.6) is 0 Å². The number of unbranched alkanes of at least 4 members (excludes halogenated alkanes) is 5. The van der Waals surface area contributed by atoms with E-state index < -0.39 is 7.82 Å². The van der Waals surface area contributed by atoms with Gasteiger partial charge in [-0.15, -0.1) is 0 Å². The molecule has 0 radical (unpaired) electrons. The quantitative estimate of drug-likeness (QED) is 0.307. The van der Waals surface area contributed by atoms with Gasteiger partial charge in [-0.1, -0.05) is 44.8 Å². The molecule has 0 saturated heterocycles. The highest BCUT2D eigenvalue weighted by atomic mass is 31.2. The number of phosphoric ester groups is 1. The minimum atomic E-state index is -4.38. The number of phosphoric acid groups is 1. The largest absolute Gasteiger partial charge is 0.469 e. The summed E-state index contributed by atoms with van der Waals surface area (Å²) in [6.45, 7) is 2.08. The Labute approximate surface area is 110 Å². The summed E-state index contributed by atoms with van der Waals surface area (Å²) in [4.78, 5) is 17.0. The molecule has 6 heteroatoms. The molecule has 0 spiro atoms. The maximum absolute atomic E-state index is 10.4. The maximum atomic E-state index is 10.4. The van der Waals surface area contributed by atoms with E-state index in [9.17, 15) is 4.57 Å². The van der Waals surface area contributed by atoms with E-state index in [-0.39, 0.29) is 12.6 Å². The van der Waals surface area contributed by atoms with Crippen LogP contribution in [0.1, 0.15) is 51.9 Å². The van der Waals surface area contributed by atoms with E-state index in [0.29, 0.717) is 6.42 Å². The molecule has 0 aromatic heterocycles. The first kappa shape index (κ1) is 17.8. The van der Waals surface area contributed by atoms with E-state index in [1.165, 1.54) is 32.1 Å². The Balaban J connectivity index is 3.43. The molecule has 0 saturated carbocycles. The van der Waals surface area contributed by atoms with Gasteiger partial charge in [0.05, 0.1) is 6.61 Å². The SMILES string of the molecule is CCCCCCC/C=C/C[C@@H](N)COP(=O)(O)O. The molecular formula is C12H26NO4P. The van der Waals surface area contributed by atoms with Gasteiger partial charge in [-0.25, -0.2) is 4.57 Å². The molecule has 0 amide bonds. The molecule has 1 atom stereocenters. The third kappa shape index (κ3) is 13.9. The van der Waals surface area contributed by atoms with Gasteiger partial charge in [0.25, 0.3) is 0 Å². The van der Waals surface area contributed by atoms with E-state index in [2.05, 4.69) is 17.5 Å². The summed E-state index contributed by atoms with van der Waals surface area (Å²) in [5.41, 5.74) is 5.64. The lowest BCUT2D eigenvalue weighted by atomic mass is 10.1. The van der Waals surface area contributed by atoms with Crippen LogP contribution < -0.4 is 5.73 Å². The highest BCUT2D eigenvalue weighted by molar-refractivity contribution is 7.46. The number of rotatable bonds is 11. The summed E-state index contributed by atoms with van der Waals surface area (Å²) in [6, 6.07) is -0.367. The molecular weight excluding hydrogens is 253 g/mol. The van der Waals surface area contributed by atoms with Gasteiger partial charge < -0.3 is 15.5 Å². The highest BCUT2D eigenvalue weighted by Gasteiger charge is 2.15. The van der Waals surface area contributed by atoms with Crippen molar-refractivity contribution in [1.82, 2.24) is 0 Å². The zero-order valence-corrected chi connectivity index (χ0v) is 12.0. The lowest BCUT2D eigenvalue weighted by Crippen LogP contribution is -2.24. The Bertz CT molecular complexity index is 265. The van der Waals surface area contributed by atoms with Gasteiger partial charge >= 0.3 is 7.82 Å². The molecule has 4 N–H and O–H groups in total. The number of nitrogens with two attached hydrogens (primary N) is 1. The molecule has 0 bridgehead atoms. The lowest BCUT2D eigenvalue weighted by molar-refractivity contribution is 0.186. The summed E-state index contributed by atoms with van der Waals surface area (Å²) >= 11 is 0. The van der Waals surface area contributed by atoms with Crippen molar-refractivity contribution in [3.05, 3.63) is 12.2 Å². The van der Waals surface area contributed by atoms with Crippen LogP contribution in [0.4, 0.5) is 0 Å². The predicted octanol–water partition coefficient (Wildman–Crippen LogP) is 2.73. The van der Waals surface area contributed by atoms with E-state index in [0.717, 1.165) is 6.42 Å². The molecule has 0 fully saturated rings. The fraction of sp³-hybridized carbons (Fsp3) is 0.833. The topological polar surface area (TPSA) is 92.8 Å². The van der Waals surface area contributed by atoms with Crippen LogP contribution in [0.25, 0.3) is 0 Å². The van der Waals surface area contributed by atoms with Crippen LogP contribution in [0.15, 0.2) is 12.2 Å². The van der Waals surface area contributed by atoms with Crippen LogP contribution in [0, 0.1) is 0 Å². The van der Waals surface area contributed by atoms with Crippen molar-refractivity contribution in [3.8, 4) is 0 Å². The molecule has 0 aromatic carbocycles. The van der Waals surface area contributed by atoms with Crippen LogP contribution in [-0.2, 0) is 9.09 Å². The Morgan fingerprint density at radius 1 is 1.22 bits per heavy atom. The van der Waals surface area contributed by atoms with Gasteiger partial charge in [-0.05, 0) is 19.3 Å². The minimum Gasteiger partial charge on any atom is -0.325 e. The normalized spacial score (nSPS) is 14.2. The Hall–Kier alpha value is -0.190. The molecule has 0 rings (SSSR count). The molecule has 108 valence electrons. The van der Waals surface area contributed by atoms with Crippen LogP contribution in [0.3, 0.4) is 0 Å². The molecule has 0 heterocycles. The Morgan fingerprint density at radius 2 is 1.89 bits per heavy atom. The molecule has 5 nitrogen and oxygen atoms in total. The molecule has 0 aliphatic rings. The first-order valence-electron chi connectivity index (χ1n) is 6.56. The molecule has 0 aliphatic heterocycles. The zero-order valence-electron chi connectivity index (χ0n) is 11.1. The summed E-state index contributed by atoms with van der Waals surface area (Å²) in [5, 5.41) is 0. The van der Waals surface area contributed by atoms with Gasteiger partial charge in [0.2, 0.25) is 0 Å². The average Bonchev–Trinajstić information content (AvgIpc) is 2.29. The lowest BCUT2D eigenvalue weighted by Gasteiger charge is -2.10. The first-order valence-corrected chi connectivity index (χ1v) is 8.09. The third-order valence-corrected chi connectivity index (χ3v) is 3.02. The zero-order chi connectivity index (χ0) is 13.9. The maximum Gasteiger partial charge on any atom is 0.469 e. The van der Waals surface area contributed by atoms with Crippen LogP contribution >= 0.6 is 7.82 Å². The molecule has 0 unspecified atom stereocenters. The molecule has 0 aliphatic carbocycles. The van der Waals surface area contributed by atoms with E-state index >= 15 is 0 Å². The Morgan fingerprint density at radius 3 is 2.50 bits per heavy atom. The van der Waals surface area contributed by atoms with Crippen LogP contribution in [-0.4, -0.2) is 22.4 Å². The number of hydrogen-bond donors (Lipinski definition) is 3. The van der Waals surface area contributed by atoms with Crippen molar-refractivity contribution in [2.75, 3.05) is 6.61 Å². The van der Waals surface area contributed by atoms with Gasteiger partial charge in [0.1, 0.15) is 0 Å². The monoisotopic (exact) mass is 279 g/mol. The number of hydrogen-bond acceptors (Lipinski definition) is 3. The fourth-order valence-electron chi connectivity index (χ4n) is 1.52. The molecule has 0 aromatic rings. The van der Waals surface area contributed by atoms with Crippen molar-refractivity contribution in [2.45, 2.75) is 57.9 Å². The van der Waals surface area contributed by atoms with Crippen molar-refractivity contribution in [1.29, 1.82) is 0 Å². The van der Waals surface area contributed by atoms with Gasteiger partial charge in [-0.3, -0.25) is 4.52 Å². The van der Waals surface area contributed by atoms with Crippen molar-refractivity contribution in [2.24, 2.45) is 5.73 Å². The Kier molecular flexibility index (Phi) is 10.6. The van der Waals surface area contributed by atoms with Gasteiger partial charge in [0, 0.05) is 6.04 Å². The van der Waals surface area contributed by atoms with E-state index in [4.69, 9.17) is 15.5 Å².